The Kier molecular flexibility index (Phi) is 4.14. The molecule has 2 N–H and O–H groups in total. The van der Waals surface area contributed by atoms with Gasteiger partial charge in [0.05, 0.1) is 12.1 Å². The van der Waals surface area contributed by atoms with Crippen LogP contribution < -0.4 is 10.6 Å². The number of aromatic nitrogens is 4. The number of hydrogen-bond donors (Lipinski definition) is 2. The van der Waals surface area contributed by atoms with Crippen LogP contribution in [-0.2, 0) is 17.8 Å². The molecule has 2 amide bonds. The number of aryl methyl sites for hydroxylation is 1. The van der Waals surface area contributed by atoms with Gasteiger partial charge in [0.25, 0.3) is 5.91 Å². The fourth-order valence-corrected chi connectivity index (χ4v) is 2.76. The van der Waals surface area contributed by atoms with Crippen LogP contribution in [0.4, 0.5) is 11.6 Å². The monoisotopic (exact) mass is 348 g/mol. The second kappa shape index (κ2) is 6.75. The Bertz CT molecular complexity index is 967. The summed E-state index contributed by atoms with van der Waals surface area (Å²) in [6.45, 7) is 0.596. The Balaban J connectivity index is 1.44. The number of carbonyl (C=O) groups excluding carboxylic acids is 2. The first-order valence-corrected chi connectivity index (χ1v) is 8.20. The van der Waals surface area contributed by atoms with Crippen LogP contribution in [-0.4, -0.2) is 31.6 Å². The molecule has 0 saturated carbocycles. The molecule has 8 heteroatoms. The Hall–Kier alpha value is -3.55. The number of pyridine rings is 2. The molecule has 0 saturated heterocycles. The molecule has 0 spiro atoms. The van der Waals surface area contributed by atoms with Gasteiger partial charge in [-0.05, 0) is 35.7 Å². The highest BCUT2D eigenvalue weighted by Gasteiger charge is 2.18. The first-order chi connectivity index (χ1) is 12.7. The van der Waals surface area contributed by atoms with Crippen LogP contribution in [0.1, 0.15) is 27.9 Å². The van der Waals surface area contributed by atoms with Gasteiger partial charge in [-0.2, -0.15) is 5.10 Å². The van der Waals surface area contributed by atoms with E-state index >= 15 is 0 Å². The van der Waals surface area contributed by atoms with Crippen LogP contribution in [0.2, 0.25) is 0 Å². The fourth-order valence-electron chi connectivity index (χ4n) is 2.76. The van der Waals surface area contributed by atoms with Gasteiger partial charge in [-0.1, -0.05) is 0 Å². The summed E-state index contributed by atoms with van der Waals surface area (Å²) < 4.78 is 1.74. The molecule has 130 valence electrons. The van der Waals surface area contributed by atoms with Crippen molar-refractivity contribution in [2.24, 2.45) is 0 Å². The summed E-state index contributed by atoms with van der Waals surface area (Å²) >= 11 is 0. The van der Waals surface area contributed by atoms with Crippen molar-refractivity contribution >= 4 is 23.5 Å². The number of nitrogens with one attached hydrogen (secondary N) is 2. The van der Waals surface area contributed by atoms with Gasteiger partial charge in [-0.3, -0.25) is 19.3 Å². The maximum atomic E-state index is 12.4. The highest BCUT2D eigenvalue weighted by atomic mass is 16.2. The summed E-state index contributed by atoms with van der Waals surface area (Å²) in [6, 6.07) is 7.32. The number of hydrogen-bond acceptors (Lipinski definition) is 5. The summed E-state index contributed by atoms with van der Waals surface area (Å²) in [5.41, 5.74) is 2.37. The maximum absolute atomic E-state index is 12.4. The van der Waals surface area contributed by atoms with Crippen LogP contribution >= 0.6 is 0 Å². The molecule has 1 aliphatic rings. The minimum atomic E-state index is -0.286. The Morgan fingerprint density at radius 3 is 2.92 bits per heavy atom. The molecule has 0 unspecified atom stereocenters. The van der Waals surface area contributed by atoms with Crippen molar-refractivity contribution in [2.45, 2.75) is 19.4 Å². The molecule has 3 aromatic heterocycles. The lowest BCUT2D eigenvalue weighted by Crippen LogP contribution is -2.21. The Labute approximate surface area is 149 Å². The zero-order valence-corrected chi connectivity index (χ0v) is 13.8. The van der Waals surface area contributed by atoms with E-state index < -0.39 is 0 Å². The molecule has 1 aliphatic heterocycles. The minimum absolute atomic E-state index is 0.0538. The third-order valence-corrected chi connectivity index (χ3v) is 4.08. The molecule has 4 rings (SSSR count). The van der Waals surface area contributed by atoms with Crippen molar-refractivity contribution in [3.05, 3.63) is 65.7 Å². The van der Waals surface area contributed by atoms with Crippen molar-refractivity contribution in [1.29, 1.82) is 0 Å². The van der Waals surface area contributed by atoms with E-state index in [1.165, 1.54) is 6.20 Å². The SMILES string of the molecule is O=C1CCc2cc(C(=O)Nc3ccn(Cc4ccncc4)n3)cnc2N1. The first-order valence-electron chi connectivity index (χ1n) is 8.20. The van der Waals surface area contributed by atoms with E-state index in [9.17, 15) is 9.59 Å². The molecule has 3 aromatic rings. The van der Waals surface area contributed by atoms with E-state index in [0.29, 0.717) is 36.6 Å². The van der Waals surface area contributed by atoms with Gasteiger partial charge < -0.3 is 10.6 Å². The smallest absolute Gasteiger partial charge is 0.258 e. The number of carbonyl (C=O) groups is 2. The molecule has 0 aromatic carbocycles. The van der Waals surface area contributed by atoms with Crippen molar-refractivity contribution < 1.29 is 9.59 Å². The van der Waals surface area contributed by atoms with Crippen molar-refractivity contribution in [2.75, 3.05) is 10.6 Å². The third kappa shape index (κ3) is 3.44. The largest absolute Gasteiger partial charge is 0.310 e. The van der Waals surface area contributed by atoms with Gasteiger partial charge in [-0.25, -0.2) is 4.98 Å². The Morgan fingerprint density at radius 2 is 2.08 bits per heavy atom. The van der Waals surface area contributed by atoms with Gasteiger partial charge in [0.1, 0.15) is 5.82 Å². The van der Waals surface area contributed by atoms with Gasteiger partial charge in [-0.15, -0.1) is 0 Å². The van der Waals surface area contributed by atoms with Gasteiger partial charge in [0.15, 0.2) is 5.82 Å². The van der Waals surface area contributed by atoms with Crippen molar-refractivity contribution in [3.8, 4) is 0 Å². The standard InChI is InChI=1S/C18H16N6O2/c25-16-2-1-13-9-14(10-20-17(13)22-16)18(26)21-15-5-8-24(23-15)11-12-3-6-19-7-4-12/h3-10H,1-2,11H2,(H,20,22,25)(H,21,23,26). The fraction of sp³-hybridized carbons (Fsp3) is 0.167. The lowest BCUT2D eigenvalue weighted by Gasteiger charge is -2.15. The molecule has 0 radical (unpaired) electrons. The summed E-state index contributed by atoms with van der Waals surface area (Å²) in [6.07, 6.45) is 7.69. The average Bonchev–Trinajstić information content (AvgIpc) is 3.08. The van der Waals surface area contributed by atoms with Crippen LogP contribution in [0, 0.1) is 0 Å². The molecule has 8 nitrogen and oxygen atoms in total. The molecule has 26 heavy (non-hydrogen) atoms. The predicted octanol–water partition coefficient (Wildman–Crippen LogP) is 1.86. The summed E-state index contributed by atoms with van der Waals surface area (Å²) in [7, 11) is 0. The molecule has 0 bridgehead atoms. The number of anilines is 2. The molecular weight excluding hydrogens is 332 g/mol. The maximum Gasteiger partial charge on any atom is 0.258 e. The zero-order valence-electron chi connectivity index (χ0n) is 13.8. The van der Waals surface area contributed by atoms with E-state index in [4.69, 9.17) is 0 Å². The van der Waals surface area contributed by atoms with Crippen LogP contribution in [0.5, 0.6) is 0 Å². The number of nitrogens with zero attached hydrogens (tertiary/aromatic N) is 4. The second-order valence-electron chi connectivity index (χ2n) is 5.99. The number of rotatable bonds is 4. The molecule has 0 atom stereocenters. The van der Waals surface area contributed by atoms with Crippen molar-refractivity contribution in [3.63, 3.8) is 0 Å². The minimum Gasteiger partial charge on any atom is -0.310 e. The molecule has 0 aliphatic carbocycles. The lowest BCUT2D eigenvalue weighted by atomic mass is 10.0. The molecule has 4 heterocycles. The van der Waals surface area contributed by atoms with E-state index in [2.05, 4.69) is 25.7 Å². The topological polar surface area (TPSA) is 102 Å². The van der Waals surface area contributed by atoms with Crippen LogP contribution in [0.15, 0.2) is 49.1 Å². The Morgan fingerprint density at radius 1 is 1.23 bits per heavy atom. The summed E-state index contributed by atoms with van der Waals surface area (Å²) in [5.74, 6) is 0.655. The number of fused-ring (bicyclic) bond motifs is 1. The summed E-state index contributed by atoms with van der Waals surface area (Å²) in [5, 5.41) is 9.83. The van der Waals surface area contributed by atoms with Gasteiger partial charge in [0.2, 0.25) is 5.91 Å². The number of amides is 2. The normalized spacial score (nSPS) is 13.0. The highest BCUT2D eigenvalue weighted by Crippen LogP contribution is 2.21. The van der Waals surface area contributed by atoms with E-state index in [1.807, 2.05) is 12.1 Å². The lowest BCUT2D eigenvalue weighted by molar-refractivity contribution is -0.116. The van der Waals surface area contributed by atoms with Crippen LogP contribution in [0.3, 0.4) is 0 Å². The van der Waals surface area contributed by atoms with Crippen molar-refractivity contribution in [1.82, 2.24) is 19.7 Å². The van der Waals surface area contributed by atoms with E-state index in [1.54, 1.807) is 35.4 Å². The first kappa shape index (κ1) is 15.9. The third-order valence-electron chi connectivity index (χ3n) is 4.08. The zero-order chi connectivity index (χ0) is 17.9. The van der Waals surface area contributed by atoms with Gasteiger partial charge in [0, 0.05) is 37.3 Å². The van der Waals surface area contributed by atoms with Gasteiger partial charge >= 0.3 is 0 Å². The molecular formula is C18H16N6O2. The summed E-state index contributed by atoms with van der Waals surface area (Å²) in [4.78, 5) is 32.0. The molecule has 0 fully saturated rings. The quantitative estimate of drug-likeness (QED) is 0.749. The van der Waals surface area contributed by atoms with E-state index in [0.717, 1.165) is 11.1 Å². The van der Waals surface area contributed by atoms with E-state index in [-0.39, 0.29) is 11.8 Å². The predicted molar refractivity (Wildman–Crippen MR) is 94.7 cm³/mol. The van der Waals surface area contributed by atoms with Crippen LogP contribution in [0.25, 0.3) is 0 Å². The average molecular weight is 348 g/mol. The second-order valence-corrected chi connectivity index (χ2v) is 5.99. The highest BCUT2D eigenvalue weighted by molar-refractivity contribution is 6.04.